The van der Waals surface area contributed by atoms with Gasteiger partial charge in [0.1, 0.15) is 0 Å². The van der Waals surface area contributed by atoms with Gasteiger partial charge in [-0.25, -0.2) is 0 Å². The quantitative estimate of drug-likeness (QED) is 0.861. The molecule has 1 aliphatic rings. The van der Waals surface area contributed by atoms with Crippen LogP contribution in [0, 0.1) is 5.92 Å². The average Bonchev–Trinajstić information content (AvgIpc) is 2.82. The molecule has 1 unspecified atom stereocenters. The van der Waals surface area contributed by atoms with E-state index >= 15 is 0 Å². The zero-order valence-corrected chi connectivity index (χ0v) is 13.4. The van der Waals surface area contributed by atoms with Crippen LogP contribution in [0.25, 0.3) is 0 Å². The molecule has 1 heterocycles. The van der Waals surface area contributed by atoms with Crippen LogP contribution in [0.15, 0.2) is 24.3 Å². The molecule has 1 saturated heterocycles. The molecule has 0 amide bonds. The zero-order valence-electron chi connectivity index (χ0n) is 13.4. The van der Waals surface area contributed by atoms with Crippen molar-refractivity contribution in [2.24, 2.45) is 5.92 Å². The van der Waals surface area contributed by atoms with Crippen molar-refractivity contribution in [3.05, 3.63) is 29.8 Å². The number of nitrogens with zero attached hydrogens (tertiary/aromatic N) is 2. The first-order valence-electron chi connectivity index (χ1n) is 7.77. The number of hydrogen-bond acceptors (Lipinski definition) is 3. The Labute approximate surface area is 124 Å². The number of nitrogens with one attached hydrogen (secondary N) is 1. The standard InChI is InChI=1S/C17H29N3/c1-14(2)18-11-16-7-5-6-8-17(16)20(4)13-15-9-10-19(3)12-15/h5-8,14-15,18H,9-13H2,1-4H3. The van der Waals surface area contributed by atoms with Crippen LogP contribution >= 0.6 is 0 Å². The number of hydrogen-bond donors (Lipinski definition) is 1. The van der Waals surface area contributed by atoms with Gasteiger partial charge in [0.05, 0.1) is 0 Å². The number of benzene rings is 1. The maximum absolute atomic E-state index is 3.52. The maximum Gasteiger partial charge on any atom is 0.0409 e. The largest absolute Gasteiger partial charge is 0.374 e. The predicted octanol–water partition coefficient (Wildman–Crippen LogP) is 2.57. The van der Waals surface area contributed by atoms with E-state index in [1.54, 1.807) is 0 Å². The molecule has 1 aromatic rings. The topological polar surface area (TPSA) is 18.5 Å². The fourth-order valence-corrected chi connectivity index (χ4v) is 3.01. The summed E-state index contributed by atoms with van der Waals surface area (Å²) in [5.74, 6) is 0.802. The van der Waals surface area contributed by atoms with Crippen molar-refractivity contribution < 1.29 is 0 Å². The van der Waals surface area contributed by atoms with Gasteiger partial charge in [-0.15, -0.1) is 0 Å². The smallest absolute Gasteiger partial charge is 0.0409 e. The van der Waals surface area contributed by atoms with Crippen molar-refractivity contribution in [3.8, 4) is 0 Å². The lowest BCUT2D eigenvalue weighted by molar-refractivity contribution is 0.396. The van der Waals surface area contributed by atoms with Gasteiger partial charge >= 0.3 is 0 Å². The first-order chi connectivity index (χ1) is 9.56. The molecule has 0 aliphatic carbocycles. The molecule has 3 nitrogen and oxygen atoms in total. The number of para-hydroxylation sites is 1. The van der Waals surface area contributed by atoms with E-state index in [1.807, 2.05) is 0 Å². The summed E-state index contributed by atoms with van der Waals surface area (Å²) in [5.41, 5.74) is 2.77. The molecule has 1 aliphatic heterocycles. The second kappa shape index (κ2) is 7.09. The third kappa shape index (κ3) is 4.22. The van der Waals surface area contributed by atoms with E-state index in [2.05, 4.69) is 67.3 Å². The summed E-state index contributed by atoms with van der Waals surface area (Å²) in [6, 6.07) is 9.29. The fourth-order valence-electron chi connectivity index (χ4n) is 3.01. The average molecular weight is 275 g/mol. The second-order valence-corrected chi connectivity index (χ2v) is 6.46. The highest BCUT2D eigenvalue weighted by molar-refractivity contribution is 5.53. The minimum absolute atomic E-state index is 0.525. The fraction of sp³-hybridized carbons (Fsp3) is 0.647. The Morgan fingerprint density at radius 3 is 2.75 bits per heavy atom. The Kier molecular flexibility index (Phi) is 5.44. The van der Waals surface area contributed by atoms with Crippen LogP contribution in [0.5, 0.6) is 0 Å². The van der Waals surface area contributed by atoms with Crippen molar-refractivity contribution in [3.63, 3.8) is 0 Å². The molecule has 0 saturated carbocycles. The SMILES string of the molecule is CC(C)NCc1ccccc1N(C)CC1CCN(C)C1. The van der Waals surface area contributed by atoms with Gasteiger partial charge in [-0.1, -0.05) is 32.0 Å². The molecule has 0 radical (unpaired) electrons. The Morgan fingerprint density at radius 1 is 1.35 bits per heavy atom. The first-order valence-corrected chi connectivity index (χ1v) is 7.77. The Hall–Kier alpha value is -1.06. The minimum Gasteiger partial charge on any atom is -0.374 e. The van der Waals surface area contributed by atoms with Crippen LogP contribution in [0.1, 0.15) is 25.8 Å². The highest BCUT2D eigenvalue weighted by Gasteiger charge is 2.21. The van der Waals surface area contributed by atoms with E-state index in [9.17, 15) is 0 Å². The second-order valence-electron chi connectivity index (χ2n) is 6.46. The lowest BCUT2D eigenvalue weighted by atomic mass is 10.1. The number of likely N-dealkylation sites (tertiary alicyclic amines) is 1. The summed E-state index contributed by atoms with van der Waals surface area (Å²) in [7, 11) is 4.45. The summed E-state index contributed by atoms with van der Waals surface area (Å²) in [5, 5.41) is 3.52. The van der Waals surface area contributed by atoms with Crippen molar-refractivity contribution in [2.75, 3.05) is 38.6 Å². The van der Waals surface area contributed by atoms with Crippen LogP contribution in [0.2, 0.25) is 0 Å². The van der Waals surface area contributed by atoms with Gasteiger partial charge in [-0.05, 0) is 37.6 Å². The molecule has 0 spiro atoms. The van der Waals surface area contributed by atoms with Gasteiger partial charge in [-0.3, -0.25) is 0 Å². The summed E-state index contributed by atoms with van der Waals surface area (Å²) in [6.45, 7) is 8.97. The van der Waals surface area contributed by atoms with Gasteiger partial charge in [0.2, 0.25) is 0 Å². The molecule has 1 aromatic carbocycles. The summed E-state index contributed by atoms with van der Waals surface area (Å²) >= 11 is 0. The van der Waals surface area contributed by atoms with E-state index in [1.165, 1.54) is 30.8 Å². The van der Waals surface area contributed by atoms with E-state index in [0.29, 0.717) is 6.04 Å². The van der Waals surface area contributed by atoms with Crippen LogP contribution in [-0.4, -0.2) is 44.7 Å². The zero-order chi connectivity index (χ0) is 14.5. The van der Waals surface area contributed by atoms with Gasteiger partial charge in [0.25, 0.3) is 0 Å². The Bertz CT molecular complexity index is 416. The van der Waals surface area contributed by atoms with Crippen molar-refractivity contribution in [1.29, 1.82) is 0 Å². The molecule has 1 N–H and O–H groups in total. The molecular weight excluding hydrogens is 246 g/mol. The van der Waals surface area contributed by atoms with E-state index in [0.717, 1.165) is 19.0 Å². The van der Waals surface area contributed by atoms with Crippen molar-refractivity contribution in [1.82, 2.24) is 10.2 Å². The summed E-state index contributed by atoms with van der Waals surface area (Å²) in [6.07, 6.45) is 1.33. The summed E-state index contributed by atoms with van der Waals surface area (Å²) in [4.78, 5) is 4.87. The van der Waals surface area contributed by atoms with Crippen molar-refractivity contribution in [2.45, 2.75) is 32.9 Å². The van der Waals surface area contributed by atoms with E-state index < -0.39 is 0 Å². The highest BCUT2D eigenvalue weighted by atomic mass is 15.2. The normalized spacial score (nSPS) is 19.8. The predicted molar refractivity (Wildman–Crippen MR) is 87.3 cm³/mol. The lowest BCUT2D eigenvalue weighted by Gasteiger charge is -2.26. The third-order valence-corrected chi connectivity index (χ3v) is 4.12. The maximum atomic E-state index is 3.52. The van der Waals surface area contributed by atoms with Crippen LogP contribution in [0.3, 0.4) is 0 Å². The third-order valence-electron chi connectivity index (χ3n) is 4.12. The highest BCUT2D eigenvalue weighted by Crippen LogP contribution is 2.23. The number of anilines is 1. The molecule has 112 valence electrons. The molecule has 20 heavy (non-hydrogen) atoms. The van der Waals surface area contributed by atoms with Crippen molar-refractivity contribution >= 4 is 5.69 Å². The molecule has 3 heteroatoms. The van der Waals surface area contributed by atoms with Gasteiger partial charge in [0, 0.05) is 38.4 Å². The molecule has 1 fully saturated rings. The van der Waals surface area contributed by atoms with E-state index in [4.69, 9.17) is 0 Å². The molecule has 2 rings (SSSR count). The monoisotopic (exact) mass is 275 g/mol. The Balaban J connectivity index is 1.99. The Morgan fingerprint density at radius 2 is 2.10 bits per heavy atom. The van der Waals surface area contributed by atoms with E-state index in [-0.39, 0.29) is 0 Å². The molecular formula is C17H29N3. The van der Waals surface area contributed by atoms with Gasteiger partial charge in [0.15, 0.2) is 0 Å². The molecule has 1 atom stereocenters. The first kappa shape index (κ1) is 15.3. The number of rotatable bonds is 6. The lowest BCUT2D eigenvalue weighted by Crippen LogP contribution is -2.29. The summed E-state index contributed by atoms with van der Waals surface area (Å²) < 4.78 is 0. The molecule has 0 aromatic heterocycles. The molecule has 0 bridgehead atoms. The van der Waals surface area contributed by atoms with Crippen LogP contribution < -0.4 is 10.2 Å². The minimum atomic E-state index is 0.525. The van der Waals surface area contributed by atoms with Crippen LogP contribution in [0.4, 0.5) is 5.69 Å². The van der Waals surface area contributed by atoms with Crippen LogP contribution in [-0.2, 0) is 6.54 Å². The van der Waals surface area contributed by atoms with Gasteiger partial charge in [-0.2, -0.15) is 0 Å². The van der Waals surface area contributed by atoms with Gasteiger partial charge < -0.3 is 15.1 Å².